The molecule has 0 aliphatic carbocycles. The lowest BCUT2D eigenvalue weighted by atomic mass is 9.97. The van der Waals surface area contributed by atoms with Crippen molar-refractivity contribution in [1.29, 1.82) is 0 Å². The smallest absolute Gasteiger partial charge is 0.305 e. The normalized spacial score (nSPS) is 11.5. The Kier molecular flexibility index (Phi) is 10.6. The van der Waals surface area contributed by atoms with Gasteiger partial charge in [0, 0.05) is 29.6 Å². The lowest BCUT2D eigenvalue weighted by Gasteiger charge is -2.22. The van der Waals surface area contributed by atoms with Crippen molar-refractivity contribution in [3.63, 3.8) is 0 Å². The average molecular weight is 623 g/mol. The molecule has 5 rings (SSSR count). The number of anilines is 1. The number of hydrogen-bond donors (Lipinski definition) is 1. The summed E-state index contributed by atoms with van der Waals surface area (Å²) in [6.45, 7) is 4.42. The molecule has 46 heavy (non-hydrogen) atoms. The summed E-state index contributed by atoms with van der Waals surface area (Å²) in [7, 11) is 0. The van der Waals surface area contributed by atoms with Gasteiger partial charge in [-0.15, -0.1) is 0 Å². The Labute approximate surface area is 267 Å². The minimum absolute atomic E-state index is 0.262. The third-order valence-corrected chi connectivity index (χ3v) is 7.66. The molecule has 4 aromatic carbocycles. The molecule has 1 amide bonds. The van der Waals surface area contributed by atoms with E-state index in [0.717, 1.165) is 33.2 Å². The maximum Gasteiger partial charge on any atom is 0.305 e. The molecule has 0 bridgehead atoms. The maximum atomic E-state index is 13.8. The first-order valence-corrected chi connectivity index (χ1v) is 15.4. The first-order valence-electron chi connectivity index (χ1n) is 15.4. The van der Waals surface area contributed by atoms with Crippen LogP contribution in [0.3, 0.4) is 0 Å². The van der Waals surface area contributed by atoms with Gasteiger partial charge in [0.25, 0.3) is 0 Å². The molecule has 0 radical (unpaired) electrons. The zero-order valence-electron chi connectivity index (χ0n) is 25.8. The number of amides is 1. The van der Waals surface area contributed by atoms with Gasteiger partial charge in [-0.3, -0.25) is 9.59 Å². The minimum Gasteiger partial charge on any atom is -0.491 e. The lowest BCUT2D eigenvalue weighted by Crippen LogP contribution is -2.12. The number of allylic oxidation sites excluding steroid dienone is 1. The van der Waals surface area contributed by atoms with Crippen molar-refractivity contribution in [3.05, 3.63) is 138 Å². The van der Waals surface area contributed by atoms with Gasteiger partial charge < -0.3 is 19.4 Å². The number of esters is 1. The summed E-state index contributed by atoms with van der Waals surface area (Å²) >= 11 is 0. The molecule has 6 nitrogen and oxygen atoms in total. The van der Waals surface area contributed by atoms with Gasteiger partial charge in [0.15, 0.2) is 0 Å². The van der Waals surface area contributed by atoms with Gasteiger partial charge in [-0.05, 0) is 96.6 Å². The number of carbonyl (C=O) groups is 2. The van der Waals surface area contributed by atoms with Gasteiger partial charge in [0.05, 0.1) is 24.9 Å². The molecule has 0 saturated heterocycles. The number of halogens is 2. The second-order valence-electron chi connectivity index (χ2n) is 10.8. The van der Waals surface area contributed by atoms with Crippen LogP contribution in [0, 0.1) is 11.6 Å². The van der Waals surface area contributed by atoms with E-state index in [9.17, 15) is 18.4 Å². The number of nitrogens with one attached hydrogen (secondary N) is 1. The standard InChI is InChI=1S/C38H36F2N2O4/c1-3-26(25-36(43)41-33-8-5-6-9-35(33)46-23-7-10-37(44)45-4-2)29-15-20-34-30(24-29)21-22-42(34)38(27-11-16-31(39)17-12-27)28-13-18-32(40)19-14-28/h5-6,8-9,11-22,24-25,38H,3-4,7,10,23H2,1-2H3,(H,41,43)/b26-25-. The second-order valence-corrected chi connectivity index (χ2v) is 10.8. The van der Waals surface area contributed by atoms with Crippen LogP contribution in [-0.2, 0) is 14.3 Å². The highest BCUT2D eigenvalue weighted by Gasteiger charge is 2.19. The van der Waals surface area contributed by atoms with Crippen LogP contribution in [0.2, 0.25) is 0 Å². The van der Waals surface area contributed by atoms with Crippen molar-refractivity contribution in [2.75, 3.05) is 18.5 Å². The number of benzene rings is 4. The fraction of sp³-hybridized carbons (Fsp3) is 0.211. The lowest BCUT2D eigenvalue weighted by molar-refractivity contribution is -0.143. The molecular weight excluding hydrogens is 586 g/mol. The van der Waals surface area contributed by atoms with Crippen molar-refractivity contribution in [1.82, 2.24) is 4.57 Å². The van der Waals surface area contributed by atoms with E-state index in [1.807, 2.05) is 49.5 Å². The molecule has 0 atom stereocenters. The van der Waals surface area contributed by atoms with Gasteiger partial charge in [0.1, 0.15) is 17.4 Å². The fourth-order valence-corrected chi connectivity index (χ4v) is 5.44. The molecule has 0 aliphatic heterocycles. The quantitative estimate of drug-likeness (QED) is 0.0810. The van der Waals surface area contributed by atoms with E-state index in [1.54, 1.807) is 49.4 Å². The van der Waals surface area contributed by atoms with E-state index < -0.39 is 0 Å². The number of para-hydroxylation sites is 2. The number of fused-ring (bicyclic) bond motifs is 1. The summed E-state index contributed by atoms with van der Waals surface area (Å²) in [6.07, 6.45) is 4.95. The summed E-state index contributed by atoms with van der Waals surface area (Å²) in [5.74, 6) is -0.682. The van der Waals surface area contributed by atoms with Crippen LogP contribution in [0.1, 0.15) is 55.8 Å². The molecule has 0 unspecified atom stereocenters. The number of nitrogens with zero attached hydrogens (tertiary/aromatic N) is 1. The Hall–Kier alpha value is -5.24. The molecule has 0 spiro atoms. The van der Waals surface area contributed by atoms with Crippen molar-refractivity contribution in [3.8, 4) is 5.75 Å². The Morgan fingerprint density at radius 1 is 0.870 bits per heavy atom. The van der Waals surface area contributed by atoms with E-state index >= 15 is 0 Å². The summed E-state index contributed by atoms with van der Waals surface area (Å²) in [4.78, 5) is 24.7. The zero-order chi connectivity index (χ0) is 32.5. The van der Waals surface area contributed by atoms with Crippen LogP contribution in [0.25, 0.3) is 16.5 Å². The van der Waals surface area contributed by atoms with E-state index in [-0.39, 0.29) is 36.0 Å². The number of ether oxygens (including phenoxy) is 2. The van der Waals surface area contributed by atoms with Crippen molar-refractivity contribution in [2.24, 2.45) is 0 Å². The van der Waals surface area contributed by atoms with Gasteiger partial charge >= 0.3 is 5.97 Å². The number of carbonyl (C=O) groups excluding carboxylic acids is 2. The number of rotatable bonds is 13. The molecule has 1 aromatic heterocycles. The molecular formula is C38H36F2N2O4. The van der Waals surface area contributed by atoms with Crippen LogP contribution in [0.4, 0.5) is 14.5 Å². The first kappa shape index (κ1) is 32.2. The van der Waals surface area contributed by atoms with Crippen LogP contribution in [0.15, 0.2) is 109 Å². The molecule has 0 aliphatic rings. The molecule has 8 heteroatoms. The molecule has 0 saturated carbocycles. The molecule has 1 heterocycles. The Morgan fingerprint density at radius 2 is 1.54 bits per heavy atom. The van der Waals surface area contributed by atoms with Crippen LogP contribution in [0.5, 0.6) is 5.75 Å². The van der Waals surface area contributed by atoms with Crippen molar-refractivity contribution in [2.45, 2.75) is 39.2 Å². The predicted octanol–water partition coefficient (Wildman–Crippen LogP) is 8.71. The average Bonchev–Trinajstić information content (AvgIpc) is 3.47. The van der Waals surface area contributed by atoms with Crippen LogP contribution >= 0.6 is 0 Å². The molecule has 236 valence electrons. The number of aromatic nitrogens is 1. The Bertz CT molecular complexity index is 1780. The Morgan fingerprint density at radius 3 is 2.20 bits per heavy atom. The maximum absolute atomic E-state index is 13.8. The molecule has 1 N–H and O–H groups in total. The topological polar surface area (TPSA) is 69.6 Å². The highest BCUT2D eigenvalue weighted by Crippen LogP contribution is 2.33. The van der Waals surface area contributed by atoms with Gasteiger partial charge in [-0.1, -0.05) is 49.4 Å². The first-order chi connectivity index (χ1) is 22.4. The van der Waals surface area contributed by atoms with Crippen LogP contribution in [-0.4, -0.2) is 29.7 Å². The fourth-order valence-electron chi connectivity index (χ4n) is 5.44. The van der Waals surface area contributed by atoms with Crippen molar-refractivity contribution >= 4 is 34.0 Å². The van der Waals surface area contributed by atoms with Crippen molar-refractivity contribution < 1.29 is 27.8 Å². The van der Waals surface area contributed by atoms with E-state index in [1.165, 1.54) is 24.3 Å². The van der Waals surface area contributed by atoms with E-state index in [0.29, 0.717) is 37.5 Å². The number of hydrogen-bond acceptors (Lipinski definition) is 4. The monoisotopic (exact) mass is 622 g/mol. The summed E-state index contributed by atoms with van der Waals surface area (Å²) in [6, 6.07) is 27.6. The highest BCUT2D eigenvalue weighted by atomic mass is 19.1. The predicted molar refractivity (Wildman–Crippen MR) is 177 cm³/mol. The SMILES string of the molecule is CCOC(=O)CCCOc1ccccc1NC(=O)/C=C(/CC)c1ccc2c(ccn2C(c2ccc(F)cc2)c2ccc(F)cc2)c1. The van der Waals surface area contributed by atoms with E-state index in [2.05, 4.69) is 9.88 Å². The van der Waals surface area contributed by atoms with Gasteiger partial charge in [-0.25, -0.2) is 8.78 Å². The van der Waals surface area contributed by atoms with Gasteiger partial charge in [-0.2, -0.15) is 0 Å². The Balaban J connectivity index is 1.35. The van der Waals surface area contributed by atoms with Crippen LogP contribution < -0.4 is 10.1 Å². The van der Waals surface area contributed by atoms with Gasteiger partial charge in [0.2, 0.25) is 5.91 Å². The zero-order valence-corrected chi connectivity index (χ0v) is 25.8. The molecule has 5 aromatic rings. The second kappa shape index (κ2) is 15.2. The molecule has 0 fully saturated rings. The largest absolute Gasteiger partial charge is 0.491 e. The third kappa shape index (κ3) is 7.88. The third-order valence-electron chi connectivity index (χ3n) is 7.66. The van der Waals surface area contributed by atoms with E-state index in [4.69, 9.17) is 9.47 Å². The minimum atomic E-state index is -0.325. The summed E-state index contributed by atoms with van der Waals surface area (Å²) in [5, 5.41) is 3.89. The highest BCUT2D eigenvalue weighted by molar-refractivity contribution is 6.05. The summed E-state index contributed by atoms with van der Waals surface area (Å²) < 4.78 is 40.5. The summed E-state index contributed by atoms with van der Waals surface area (Å²) in [5.41, 5.74) is 4.97.